The van der Waals surface area contributed by atoms with E-state index in [2.05, 4.69) is 0 Å². The van der Waals surface area contributed by atoms with Crippen LogP contribution in [0.5, 0.6) is 0 Å². The average molecular weight is 886 g/mol. The summed E-state index contributed by atoms with van der Waals surface area (Å²) in [5.41, 5.74) is -1.51. The zero-order chi connectivity index (χ0) is 46.1. The quantitative estimate of drug-likeness (QED) is 0.0841. The van der Waals surface area contributed by atoms with Crippen molar-refractivity contribution in [2.45, 2.75) is 204 Å². The number of fused-ring (bicyclic) bond motifs is 1. The molecule has 4 rings (SSSR count). The molecular formula is C44H71NO17. The van der Waals surface area contributed by atoms with Crippen LogP contribution in [-0.4, -0.2) is 164 Å². The number of esters is 4. The van der Waals surface area contributed by atoms with Gasteiger partial charge in [-0.25, -0.2) is 0 Å². The highest BCUT2D eigenvalue weighted by molar-refractivity contribution is 5.73. The fraction of sp³-hybridized carbons (Fsp3) is 0.841. The van der Waals surface area contributed by atoms with Gasteiger partial charge in [-0.05, 0) is 66.1 Å². The Bertz CT molecular complexity index is 1520. The molecule has 3 fully saturated rings. The summed E-state index contributed by atoms with van der Waals surface area (Å²) < 4.78 is 60.7. The number of rotatable bonds is 14. The molecule has 0 saturated carbocycles. The number of cyclic esters (lactones) is 1. The molecule has 354 valence electrons. The summed E-state index contributed by atoms with van der Waals surface area (Å²) in [6.45, 7) is 13.5. The fourth-order valence-corrected chi connectivity index (χ4v) is 8.74. The minimum absolute atomic E-state index is 0.0206. The first-order chi connectivity index (χ1) is 29.3. The number of carbonyl (C=O) groups excluding carboxylic acids is 5. The Morgan fingerprint density at radius 1 is 0.871 bits per heavy atom. The second-order valence-corrected chi connectivity index (χ2v) is 17.5. The molecule has 18 atom stereocenters. The third-order valence-electron chi connectivity index (χ3n) is 12.1. The molecule has 0 aromatic rings. The van der Waals surface area contributed by atoms with E-state index in [1.807, 2.05) is 13.0 Å². The van der Waals surface area contributed by atoms with Crippen molar-refractivity contribution in [2.24, 2.45) is 11.8 Å². The standard InChI is InChI=1S/C44H71NO17/c1-12-32(47)58-28-15-16-29-30(57-29)20-24(5)54-35(50)21-31(59-33(48)13-2)41(53-11)40(27(17-18-46)19-23(28)4)62-43-38(51)37(45(9)10)39(25(6)56-43)61-36-22-44(8,52)42(26(7)55-36)60-34(49)14-3/h15-16,18,23-31,36-43,51-52H,12-14,17,19-22H2,1-11H3/b16-15+. The number of nitrogens with zero attached hydrogens (tertiary/aromatic N) is 1. The van der Waals surface area contributed by atoms with Crippen molar-refractivity contribution in [2.75, 3.05) is 21.2 Å². The lowest BCUT2D eigenvalue weighted by Gasteiger charge is -2.50. The maximum atomic E-state index is 13.5. The number of aldehydes is 1. The van der Waals surface area contributed by atoms with Crippen LogP contribution in [-0.2, 0) is 71.3 Å². The van der Waals surface area contributed by atoms with Gasteiger partial charge in [0.15, 0.2) is 18.7 Å². The first-order valence-corrected chi connectivity index (χ1v) is 22.0. The Hall–Kier alpha value is -3.07. The molecule has 18 nitrogen and oxygen atoms in total. The highest BCUT2D eigenvalue weighted by Crippen LogP contribution is 2.38. The number of hydrogen-bond acceptors (Lipinski definition) is 18. The first kappa shape index (κ1) is 51.6. The topological polar surface area (TPSA) is 225 Å². The summed E-state index contributed by atoms with van der Waals surface area (Å²) in [4.78, 5) is 65.6. The summed E-state index contributed by atoms with van der Waals surface area (Å²) >= 11 is 0. The zero-order valence-electron chi connectivity index (χ0n) is 38.2. The van der Waals surface area contributed by atoms with Crippen LogP contribution in [0.25, 0.3) is 0 Å². The van der Waals surface area contributed by atoms with Crippen molar-refractivity contribution in [1.82, 2.24) is 4.90 Å². The molecule has 4 aliphatic heterocycles. The van der Waals surface area contributed by atoms with Crippen LogP contribution in [0.1, 0.15) is 107 Å². The summed E-state index contributed by atoms with van der Waals surface area (Å²) in [6.07, 6.45) is -8.04. The van der Waals surface area contributed by atoms with E-state index in [1.54, 1.807) is 73.5 Å². The highest BCUT2D eigenvalue weighted by Gasteiger charge is 2.53. The smallest absolute Gasteiger partial charge is 0.309 e. The van der Waals surface area contributed by atoms with Gasteiger partial charge in [0.25, 0.3) is 0 Å². The molecule has 0 aliphatic carbocycles. The van der Waals surface area contributed by atoms with E-state index < -0.39 is 127 Å². The third kappa shape index (κ3) is 13.7. The van der Waals surface area contributed by atoms with Gasteiger partial charge in [-0.15, -0.1) is 0 Å². The number of hydrogen-bond donors (Lipinski definition) is 2. The molecule has 0 amide bonds. The van der Waals surface area contributed by atoms with Crippen LogP contribution in [0.3, 0.4) is 0 Å². The van der Waals surface area contributed by atoms with Gasteiger partial charge in [0.1, 0.15) is 54.6 Å². The largest absolute Gasteiger partial charge is 0.462 e. The number of aliphatic hydroxyl groups excluding tert-OH is 1. The lowest BCUT2D eigenvalue weighted by molar-refractivity contribution is -0.344. The Labute approximate surface area is 365 Å². The molecule has 0 aromatic carbocycles. The first-order valence-electron chi connectivity index (χ1n) is 22.0. The molecule has 4 aliphatic rings. The molecular weight excluding hydrogens is 814 g/mol. The van der Waals surface area contributed by atoms with Crippen LogP contribution in [0, 0.1) is 11.8 Å². The van der Waals surface area contributed by atoms with E-state index in [0.29, 0.717) is 12.7 Å². The van der Waals surface area contributed by atoms with Crippen molar-refractivity contribution < 1.29 is 81.6 Å². The van der Waals surface area contributed by atoms with E-state index in [0.717, 1.165) is 0 Å². The molecule has 0 aromatic heterocycles. The fourth-order valence-electron chi connectivity index (χ4n) is 8.74. The molecule has 4 heterocycles. The second kappa shape index (κ2) is 23.2. The van der Waals surface area contributed by atoms with Gasteiger partial charge in [-0.2, -0.15) is 0 Å². The van der Waals surface area contributed by atoms with Gasteiger partial charge in [0.05, 0.1) is 36.9 Å². The van der Waals surface area contributed by atoms with Gasteiger partial charge in [0, 0.05) is 45.6 Å². The minimum Gasteiger partial charge on any atom is -0.462 e. The molecule has 18 heteroatoms. The second-order valence-electron chi connectivity index (χ2n) is 17.5. The number of likely N-dealkylation sites (N-methyl/N-ethyl adjacent to an activating group) is 1. The molecule has 2 N–H and O–H groups in total. The summed E-state index contributed by atoms with van der Waals surface area (Å²) in [7, 11) is 4.85. The summed E-state index contributed by atoms with van der Waals surface area (Å²) in [5, 5.41) is 23.6. The third-order valence-corrected chi connectivity index (χ3v) is 12.1. The maximum absolute atomic E-state index is 13.5. The van der Waals surface area contributed by atoms with E-state index in [-0.39, 0.29) is 50.7 Å². The average Bonchev–Trinajstić information content (AvgIpc) is 3.94. The van der Waals surface area contributed by atoms with Crippen molar-refractivity contribution in [3.8, 4) is 0 Å². The van der Waals surface area contributed by atoms with E-state index >= 15 is 0 Å². The number of epoxide rings is 1. The highest BCUT2D eigenvalue weighted by atomic mass is 16.7. The zero-order valence-corrected chi connectivity index (χ0v) is 38.2. The predicted molar refractivity (Wildman–Crippen MR) is 219 cm³/mol. The Morgan fingerprint density at radius 3 is 2.11 bits per heavy atom. The lowest BCUT2D eigenvalue weighted by atomic mass is 9.82. The van der Waals surface area contributed by atoms with Gasteiger partial charge in [0.2, 0.25) is 0 Å². The summed E-state index contributed by atoms with van der Waals surface area (Å²) in [6, 6.07) is -0.805. The van der Waals surface area contributed by atoms with Crippen LogP contribution in [0.2, 0.25) is 0 Å². The Balaban J connectivity index is 1.72. The van der Waals surface area contributed by atoms with Crippen LogP contribution >= 0.6 is 0 Å². The number of carbonyl (C=O) groups is 5. The Morgan fingerprint density at radius 2 is 1.52 bits per heavy atom. The number of methoxy groups -OCH3 is 1. The predicted octanol–water partition coefficient (Wildman–Crippen LogP) is 2.94. The molecule has 0 radical (unpaired) electrons. The van der Waals surface area contributed by atoms with Gasteiger partial charge < -0.3 is 67.3 Å². The van der Waals surface area contributed by atoms with E-state index in [1.165, 1.54) is 7.11 Å². The molecule has 0 bridgehead atoms. The molecule has 0 spiro atoms. The number of ether oxygens (including phenoxy) is 10. The van der Waals surface area contributed by atoms with Crippen molar-refractivity contribution in [1.29, 1.82) is 0 Å². The van der Waals surface area contributed by atoms with Crippen molar-refractivity contribution >= 4 is 30.2 Å². The monoisotopic (exact) mass is 885 g/mol. The minimum atomic E-state index is -1.51. The van der Waals surface area contributed by atoms with Crippen LogP contribution in [0.4, 0.5) is 0 Å². The normalized spacial score (nSPS) is 41.3. The Kier molecular flexibility index (Phi) is 19.3. The molecule has 3 saturated heterocycles. The molecule has 18 unspecified atom stereocenters. The SMILES string of the molecule is CCC(=O)OC1/C=C/C2OC2CC(C)OC(=O)CC(OC(=O)CC)C(OC)C(OC2OC(C)C(OC3CC(C)(O)C(OC(=O)CC)C(C)O3)C(N(C)C)C2O)C(CC=O)CC1C. The van der Waals surface area contributed by atoms with E-state index in [9.17, 15) is 34.2 Å². The van der Waals surface area contributed by atoms with Crippen LogP contribution in [0.15, 0.2) is 12.2 Å². The van der Waals surface area contributed by atoms with Crippen molar-refractivity contribution in [3.05, 3.63) is 12.2 Å². The summed E-state index contributed by atoms with van der Waals surface area (Å²) in [5.74, 6) is -3.35. The number of aliphatic hydroxyl groups is 2. The maximum Gasteiger partial charge on any atom is 0.309 e. The van der Waals surface area contributed by atoms with E-state index in [4.69, 9.17) is 47.4 Å². The lowest BCUT2D eigenvalue weighted by Crippen LogP contribution is -2.66. The van der Waals surface area contributed by atoms with Crippen LogP contribution < -0.4 is 0 Å². The van der Waals surface area contributed by atoms with Gasteiger partial charge in [-0.1, -0.05) is 33.8 Å². The molecule has 62 heavy (non-hydrogen) atoms. The van der Waals surface area contributed by atoms with Gasteiger partial charge >= 0.3 is 23.9 Å². The van der Waals surface area contributed by atoms with Gasteiger partial charge in [-0.3, -0.25) is 19.2 Å². The van der Waals surface area contributed by atoms with Crippen molar-refractivity contribution in [3.63, 3.8) is 0 Å².